The molecule has 27 heavy (non-hydrogen) atoms. The molecule has 2 amide bonds. The standard InChI is InChI=1S/C22H20N2O2S/c25-21(11-10-18-7-4-16-27-18)23-12-14-24(15-13-23)22(26)20-9-3-6-17-5-1-2-8-19(17)20/h1-11,16H,12-15H2/b11-10+. The molecule has 0 atom stereocenters. The summed E-state index contributed by atoms with van der Waals surface area (Å²) in [6.45, 7) is 2.23. The number of hydrogen-bond donors (Lipinski definition) is 0. The Kier molecular flexibility index (Phi) is 5.03. The fourth-order valence-electron chi connectivity index (χ4n) is 3.36. The van der Waals surface area contributed by atoms with E-state index in [0.29, 0.717) is 26.2 Å². The first-order valence-corrected chi connectivity index (χ1v) is 9.88. The van der Waals surface area contributed by atoms with Crippen molar-refractivity contribution in [2.75, 3.05) is 26.2 Å². The highest BCUT2D eigenvalue weighted by atomic mass is 32.1. The summed E-state index contributed by atoms with van der Waals surface area (Å²) in [6, 6.07) is 17.7. The Morgan fingerprint density at radius 3 is 2.37 bits per heavy atom. The largest absolute Gasteiger partial charge is 0.336 e. The van der Waals surface area contributed by atoms with Gasteiger partial charge >= 0.3 is 0 Å². The van der Waals surface area contributed by atoms with E-state index in [1.165, 1.54) is 0 Å². The molecule has 5 heteroatoms. The Bertz CT molecular complexity index is 981. The maximum Gasteiger partial charge on any atom is 0.254 e. The van der Waals surface area contributed by atoms with E-state index < -0.39 is 0 Å². The summed E-state index contributed by atoms with van der Waals surface area (Å²) < 4.78 is 0. The van der Waals surface area contributed by atoms with E-state index >= 15 is 0 Å². The molecular weight excluding hydrogens is 356 g/mol. The van der Waals surface area contributed by atoms with Crippen molar-refractivity contribution in [3.63, 3.8) is 0 Å². The number of piperazine rings is 1. The first-order valence-electron chi connectivity index (χ1n) is 9.00. The molecule has 0 bridgehead atoms. The number of benzene rings is 2. The Balaban J connectivity index is 1.41. The zero-order chi connectivity index (χ0) is 18.6. The van der Waals surface area contributed by atoms with Gasteiger partial charge in [-0.1, -0.05) is 42.5 Å². The summed E-state index contributed by atoms with van der Waals surface area (Å²) in [5.74, 6) is 0.0358. The molecule has 0 N–H and O–H groups in total. The second-order valence-electron chi connectivity index (χ2n) is 6.49. The third-order valence-corrected chi connectivity index (χ3v) is 5.67. The van der Waals surface area contributed by atoms with Gasteiger partial charge in [-0.2, -0.15) is 0 Å². The number of thiophene rings is 1. The van der Waals surface area contributed by atoms with Crippen LogP contribution in [0, 0.1) is 0 Å². The van der Waals surface area contributed by atoms with Crippen LogP contribution in [0.2, 0.25) is 0 Å². The molecule has 1 aliphatic rings. The fourth-order valence-corrected chi connectivity index (χ4v) is 3.98. The first-order chi connectivity index (χ1) is 13.2. The van der Waals surface area contributed by atoms with Crippen LogP contribution in [-0.2, 0) is 4.79 Å². The molecule has 1 fully saturated rings. The second-order valence-corrected chi connectivity index (χ2v) is 7.47. The van der Waals surface area contributed by atoms with Crippen LogP contribution in [0.25, 0.3) is 16.8 Å². The molecular formula is C22H20N2O2S. The Hall–Kier alpha value is -2.92. The molecule has 1 aliphatic heterocycles. The average Bonchev–Trinajstić information content (AvgIpc) is 3.25. The van der Waals surface area contributed by atoms with Gasteiger partial charge in [0.15, 0.2) is 0 Å². The van der Waals surface area contributed by atoms with E-state index in [4.69, 9.17) is 0 Å². The lowest BCUT2D eigenvalue weighted by molar-refractivity contribution is -0.127. The number of carbonyl (C=O) groups excluding carboxylic acids is 2. The van der Waals surface area contributed by atoms with Gasteiger partial charge in [0.05, 0.1) is 0 Å². The van der Waals surface area contributed by atoms with Gasteiger partial charge < -0.3 is 9.80 Å². The van der Waals surface area contributed by atoms with E-state index in [1.54, 1.807) is 22.3 Å². The maximum atomic E-state index is 13.0. The molecule has 1 aromatic heterocycles. The Morgan fingerprint density at radius 1 is 0.852 bits per heavy atom. The van der Waals surface area contributed by atoms with Crippen LogP contribution >= 0.6 is 11.3 Å². The molecule has 3 aromatic rings. The van der Waals surface area contributed by atoms with Gasteiger partial charge in [0.2, 0.25) is 5.91 Å². The monoisotopic (exact) mass is 376 g/mol. The minimum atomic E-state index is 0.000611. The highest BCUT2D eigenvalue weighted by Gasteiger charge is 2.24. The quantitative estimate of drug-likeness (QED) is 0.651. The lowest BCUT2D eigenvalue weighted by atomic mass is 10.0. The number of carbonyl (C=O) groups is 2. The number of amides is 2. The molecule has 0 spiro atoms. The average molecular weight is 376 g/mol. The molecule has 2 aromatic carbocycles. The van der Waals surface area contributed by atoms with Crippen molar-refractivity contribution < 1.29 is 9.59 Å². The third-order valence-electron chi connectivity index (χ3n) is 4.83. The Morgan fingerprint density at radius 2 is 1.59 bits per heavy atom. The molecule has 0 radical (unpaired) electrons. The van der Waals surface area contributed by atoms with Crippen LogP contribution in [0.15, 0.2) is 66.1 Å². The van der Waals surface area contributed by atoms with E-state index in [-0.39, 0.29) is 11.8 Å². The van der Waals surface area contributed by atoms with Gasteiger partial charge in [0.1, 0.15) is 0 Å². The number of nitrogens with zero attached hydrogens (tertiary/aromatic N) is 2. The summed E-state index contributed by atoms with van der Waals surface area (Å²) in [7, 11) is 0. The molecule has 2 heterocycles. The summed E-state index contributed by atoms with van der Waals surface area (Å²) in [5.41, 5.74) is 0.727. The van der Waals surface area contributed by atoms with Crippen LogP contribution in [0.5, 0.6) is 0 Å². The molecule has 4 nitrogen and oxygen atoms in total. The van der Waals surface area contributed by atoms with Gasteiger partial charge in [-0.3, -0.25) is 9.59 Å². The topological polar surface area (TPSA) is 40.6 Å². The highest BCUT2D eigenvalue weighted by molar-refractivity contribution is 7.10. The van der Waals surface area contributed by atoms with Crippen LogP contribution in [0.1, 0.15) is 15.2 Å². The van der Waals surface area contributed by atoms with Gasteiger partial charge in [0, 0.05) is 42.7 Å². The normalized spacial score (nSPS) is 14.8. The molecule has 1 saturated heterocycles. The zero-order valence-electron chi connectivity index (χ0n) is 14.9. The smallest absolute Gasteiger partial charge is 0.254 e. The lowest BCUT2D eigenvalue weighted by Crippen LogP contribution is -2.50. The molecule has 0 unspecified atom stereocenters. The predicted molar refractivity (Wildman–Crippen MR) is 110 cm³/mol. The van der Waals surface area contributed by atoms with E-state index in [9.17, 15) is 9.59 Å². The van der Waals surface area contributed by atoms with Crippen molar-refractivity contribution in [2.45, 2.75) is 0 Å². The maximum absolute atomic E-state index is 13.0. The van der Waals surface area contributed by atoms with Gasteiger partial charge in [-0.25, -0.2) is 0 Å². The van der Waals surface area contributed by atoms with E-state index in [2.05, 4.69) is 0 Å². The SMILES string of the molecule is O=C(/C=C/c1cccs1)N1CCN(C(=O)c2cccc3ccccc23)CC1. The molecule has 0 aliphatic carbocycles. The molecule has 4 rings (SSSR count). The summed E-state index contributed by atoms with van der Waals surface area (Å²) >= 11 is 1.60. The Labute approximate surface area is 162 Å². The van der Waals surface area contributed by atoms with Crippen LogP contribution in [-0.4, -0.2) is 47.8 Å². The van der Waals surface area contributed by atoms with Crippen LogP contribution in [0.4, 0.5) is 0 Å². The minimum Gasteiger partial charge on any atom is -0.336 e. The highest BCUT2D eigenvalue weighted by Crippen LogP contribution is 2.21. The van der Waals surface area contributed by atoms with Gasteiger partial charge in [-0.05, 0) is 34.4 Å². The van der Waals surface area contributed by atoms with E-state index in [1.807, 2.05) is 71.0 Å². The summed E-state index contributed by atoms with van der Waals surface area (Å²) in [4.78, 5) is 30.0. The number of hydrogen-bond acceptors (Lipinski definition) is 3. The van der Waals surface area contributed by atoms with Crippen molar-refractivity contribution in [2.24, 2.45) is 0 Å². The lowest BCUT2D eigenvalue weighted by Gasteiger charge is -2.34. The van der Waals surface area contributed by atoms with Gasteiger partial charge in [0.25, 0.3) is 5.91 Å². The molecule has 136 valence electrons. The van der Waals surface area contributed by atoms with Crippen molar-refractivity contribution in [3.8, 4) is 0 Å². The van der Waals surface area contributed by atoms with Crippen LogP contribution in [0.3, 0.4) is 0 Å². The fraction of sp³-hybridized carbons (Fsp3) is 0.182. The second kappa shape index (κ2) is 7.76. The minimum absolute atomic E-state index is 0.000611. The zero-order valence-corrected chi connectivity index (χ0v) is 15.7. The number of fused-ring (bicyclic) bond motifs is 1. The third kappa shape index (κ3) is 3.78. The van der Waals surface area contributed by atoms with Crippen molar-refractivity contribution >= 4 is 40.0 Å². The van der Waals surface area contributed by atoms with Crippen molar-refractivity contribution in [1.82, 2.24) is 9.80 Å². The van der Waals surface area contributed by atoms with Crippen LogP contribution < -0.4 is 0 Å². The van der Waals surface area contributed by atoms with Crippen molar-refractivity contribution in [3.05, 3.63) is 76.5 Å². The number of rotatable bonds is 3. The first kappa shape index (κ1) is 17.5. The van der Waals surface area contributed by atoms with Gasteiger partial charge in [-0.15, -0.1) is 11.3 Å². The molecule has 0 saturated carbocycles. The summed E-state index contributed by atoms with van der Waals surface area (Å²) in [5, 5.41) is 4.03. The van der Waals surface area contributed by atoms with E-state index in [0.717, 1.165) is 21.2 Å². The predicted octanol–water partition coefficient (Wildman–Crippen LogP) is 3.90. The summed E-state index contributed by atoms with van der Waals surface area (Å²) in [6.07, 6.45) is 3.47. The van der Waals surface area contributed by atoms with Crippen molar-refractivity contribution in [1.29, 1.82) is 0 Å².